The first kappa shape index (κ1) is 26.1. The van der Waals surface area contributed by atoms with E-state index in [2.05, 4.69) is 13.8 Å². The Hall–Kier alpha value is -1.93. The zero-order valence-electron chi connectivity index (χ0n) is 18.3. The van der Waals surface area contributed by atoms with Crippen LogP contribution in [-0.4, -0.2) is 37.1 Å². The van der Waals surface area contributed by atoms with Crippen LogP contribution in [0.25, 0.3) is 0 Å². The van der Waals surface area contributed by atoms with Gasteiger partial charge < -0.3 is 9.47 Å². The maximum absolute atomic E-state index is 12.5. The largest absolute Gasteiger partial charge is 0.459 e. The van der Waals surface area contributed by atoms with Crippen LogP contribution in [0.3, 0.4) is 0 Å². The monoisotopic (exact) mass is 442 g/mol. The minimum Gasteiger partial charge on any atom is -0.459 e. The fourth-order valence-electron chi connectivity index (χ4n) is 2.97. The highest BCUT2D eigenvalue weighted by Crippen LogP contribution is 2.19. The van der Waals surface area contributed by atoms with Crippen LogP contribution in [0.5, 0.6) is 0 Å². The van der Waals surface area contributed by atoms with Crippen molar-refractivity contribution in [2.75, 3.05) is 0 Å². The normalized spacial score (nSPS) is 13.5. The number of carbonyl (C=O) groups is 2. The molecule has 1 aromatic carbocycles. The zero-order valence-corrected chi connectivity index (χ0v) is 19.2. The first-order valence-corrected chi connectivity index (χ1v) is 12.1. The maximum atomic E-state index is 12.5. The standard InChI is InChI=1S/C22H34O7S/c1-5-7-9-11-16(3)28-21(23)18-13-19(15-20(14-18)30(25,26)27)22(24)29-17(4)12-10-8-6-2/h13-17H,5-12H2,1-4H3,(H,25,26,27). The lowest BCUT2D eigenvalue weighted by Crippen LogP contribution is -2.18. The van der Waals surface area contributed by atoms with Gasteiger partial charge in [0.05, 0.1) is 28.2 Å². The molecule has 2 atom stereocenters. The number of hydrogen-bond donors (Lipinski definition) is 1. The molecule has 2 unspecified atom stereocenters. The van der Waals surface area contributed by atoms with Crippen LogP contribution in [0.15, 0.2) is 23.1 Å². The minimum absolute atomic E-state index is 0.127. The molecule has 0 amide bonds. The number of unbranched alkanes of at least 4 members (excludes halogenated alkanes) is 4. The van der Waals surface area contributed by atoms with Gasteiger partial charge in [-0.15, -0.1) is 0 Å². The summed E-state index contributed by atoms with van der Waals surface area (Å²) < 4.78 is 43.4. The summed E-state index contributed by atoms with van der Waals surface area (Å²) in [5.74, 6) is -1.51. The molecule has 0 saturated heterocycles. The predicted octanol–water partition coefficient (Wildman–Crippen LogP) is 5.18. The van der Waals surface area contributed by atoms with Crippen molar-refractivity contribution in [3.63, 3.8) is 0 Å². The molecule has 30 heavy (non-hydrogen) atoms. The van der Waals surface area contributed by atoms with E-state index in [4.69, 9.17) is 9.47 Å². The Kier molecular flexibility index (Phi) is 11.0. The molecule has 0 saturated carbocycles. The average Bonchev–Trinajstić information content (AvgIpc) is 2.67. The molecule has 7 nitrogen and oxygen atoms in total. The predicted molar refractivity (Wildman–Crippen MR) is 114 cm³/mol. The molecule has 0 aliphatic rings. The highest BCUT2D eigenvalue weighted by molar-refractivity contribution is 7.85. The van der Waals surface area contributed by atoms with Gasteiger partial charge in [-0.1, -0.05) is 39.5 Å². The van der Waals surface area contributed by atoms with E-state index < -0.39 is 27.0 Å². The lowest BCUT2D eigenvalue weighted by atomic mass is 10.1. The molecule has 0 radical (unpaired) electrons. The number of rotatable bonds is 13. The van der Waals surface area contributed by atoms with E-state index in [-0.39, 0.29) is 23.3 Å². The molecule has 0 fully saturated rings. The highest BCUT2D eigenvalue weighted by Gasteiger charge is 2.22. The smallest absolute Gasteiger partial charge is 0.338 e. The second-order valence-electron chi connectivity index (χ2n) is 7.64. The van der Waals surface area contributed by atoms with Crippen LogP contribution in [0, 0.1) is 0 Å². The summed E-state index contributed by atoms with van der Waals surface area (Å²) in [6.45, 7) is 7.66. The molecule has 0 aliphatic carbocycles. The summed E-state index contributed by atoms with van der Waals surface area (Å²) in [4.78, 5) is 24.4. The van der Waals surface area contributed by atoms with Crippen LogP contribution in [0.2, 0.25) is 0 Å². The Labute approximate surface area is 179 Å². The van der Waals surface area contributed by atoms with Gasteiger partial charge in [0.15, 0.2) is 0 Å². The highest BCUT2D eigenvalue weighted by atomic mass is 32.2. The summed E-state index contributed by atoms with van der Waals surface area (Å²) >= 11 is 0. The van der Waals surface area contributed by atoms with E-state index in [1.165, 1.54) is 6.07 Å². The first-order valence-electron chi connectivity index (χ1n) is 10.6. The van der Waals surface area contributed by atoms with Gasteiger partial charge in [-0.3, -0.25) is 4.55 Å². The third-order valence-corrected chi connectivity index (χ3v) is 5.55. The average molecular weight is 443 g/mol. The summed E-state index contributed by atoms with van der Waals surface area (Å²) in [7, 11) is -4.62. The third-order valence-electron chi connectivity index (χ3n) is 4.72. The van der Waals surface area contributed by atoms with Crippen molar-refractivity contribution in [1.29, 1.82) is 0 Å². The second kappa shape index (κ2) is 12.7. The van der Waals surface area contributed by atoms with Crippen LogP contribution < -0.4 is 0 Å². The van der Waals surface area contributed by atoms with E-state index in [1.54, 1.807) is 13.8 Å². The molecule has 8 heteroatoms. The van der Waals surface area contributed by atoms with Gasteiger partial charge in [-0.2, -0.15) is 8.42 Å². The lowest BCUT2D eigenvalue weighted by Gasteiger charge is -2.15. The van der Waals surface area contributed by atoms with Crippen molar-refractivity contribution in [3.8, 4) is 0 Å². The van der Waals surface area contributed by atoms with E-state index in [9.17, 15) is 22.6 Å². The quantitative estimate of drug-likeness (QED) is 0.255. The fourth-order valence-corrected chi connectivity index (χ4v) is 3.52. The number of esters is 2. The molecule has 1 N–H and O–H groups in total. The van der Waals surface area contributed by atoms with Crippen molar-refractivity contribution in [2.45, 2.75) is 96.2 Å². The molecule has 0 heterocycles. The Morgan fingerprint density at radius 2 is 1.23 bits per heavy atom. The Morgan fingerprint density at radius 3 is 1.57 bits per heavy atom. The summed E-state index contributed by atoms with van der Waals surface area (Å²) in [5, 5.41) is 0. The van der Waals surface area contributed by atoms with E-state index in [1.807, 2.05) is 0 Å². The molecular formula is C22H34O7S. The minimum atomic E-state index is -4.62. The van der Waals surface area contributed by atoms with Crippen LogP contribution in [-0.2, 0) is 19.6 Å². The first-order chi connectivity index (χ1) is 14.1. The van der Waals surface area contributed by atoms with E-state index in [0.717, 1.165) is 50.7 Å². The van der Waals surface area contributed by atoms with Crippen molar-refractivity contribution in [2.24, 2.45) is 0 Å². The van der Waals surface area contributed by atoms with Gasteiger partial charge >= 0.3 is 11.9 Å². The summed E-state index contributed by atoms with van der Waals surface area (Å²) in [6, 6.07) is 3.23. The van der Waals surface area contributed by atoms with Gasteiger partial charge in [0.25, 0.3) is 10.1 Å². The molecular weight excluding hydrogens is 408 g/mol. The van der Waals surface area contributed by atoms with Crippen molar-refractivity contribution >= 4 is 22.1 Å². The van der Waals surface area contributed by atoms with Gasteiger partial charge in [0.2, 0.25) is 0 Å². The van der Waals surface area contributed by atoms with Crippen LogP contribution in [0.4, 0.5) is 0 Å². The number of hydrogen-bond acceptors (Lipinski definition) is 6. The molecule has 0 aromatic heterocycles. The van der Waals surface area contributed by atoms with E-state index >= 15 is 0 Å². The second-order valence-corrected chi connectivity index (χ2v) is 9.07. The maximum Gasteiger partial charge on any atom is 0.338 e. The molecule has 1 aromatic rings. The van der Waals surface area contributed by atoms with Crippen molar-refractivity contribution < 1.29 is 32.0 Å². The van der Waals surface area contributed by atoms with E-state index in [0.29, 0.717) is 12.8 Å². The topological polar surface area (TPSA) is 107 Å². The SMILES string of the molecule is CCCCCC(C)OC(=O)c1cc(C(=O)OC(C)CCCCC)cc(S(=O)(=O)O)c1. The number of ether oxygens (including phenoxy) is 2. The Bertz CT molecular complexity index is 753. The molecule has 0 bridgehead atoms. The van der Waals surface area contributed by atoms with Gasteiger partial charge in [-0.05, 0) is 57.7 Å². The number of carbonyl (C=O) groups excluding carboxylic acids is 2. The van der Waals surface area contributed by atoms with Gasteiger partial charge in [-0.25, -0.2) is 9.59 Å². The van der Waals surface area contributed by atoms with Crippen molar-refractivity contribution in [3.05, 3.63) is 29.3 Å². The van der Waals surface area contributed by atoms with Gasteiger partial charge in [0.1, 0.15) is 0 Å². The van der Waals surface area contributed by atoms with Crippen LogP contribution in [0.1, 0.15) is 99.8 Å². The fraction of sp³-hybridized carbons (Fsp3) is 0.636. The number of benzene rings is 1. The Balaban J connectivity index is 3.00. The summed E-state index contributed by atoms with van der Waals surface area (Å²) in [6.07, 6.45) is 6.59. The molecule has 1 rings (SSSR count). The van der Waals surface area contributed by atoms with Crippen molar-refractivity contribution in [1.82, 2.24) is 0 Å². The zero-order chi connectivity index (χ0) is 22.7. The summed E-state index contributed by atoms with van der Waals surface area (Å²) in [5.41, 5.74) is -0.254. The van der Waals surface area contributed by atoms with Gasteiger partial charge in [0, 0.05) is 0 Å². The third kappa shape index (κ3) is 9.26. The lowest BCUT2D eigenvalue weighted by molar-refractivity contribution is 0.0318. The van der Waals surface area contributed by atoms with Crippen LogP contribution >= 0.6 is 0 Å². The molecule has 0 aliphatic heterocycles. The Morgan fingerprint density at radius 1 is 0.833 bits per heavy atom. The molecule has 0 spiro atoms. The molecule has 170 valence electrons.